The molecule has 2 heterocycles. The molecule has 0 bridgehead atoms. The second-order valence-electron chi connectivity index (χ2n) is 5.03. The largest absolute Gasteiger partial charge is 0.477 e. The Bertz CT molecular complexity index is 842. The van der Waals surface area contributed by atoms with Gasteiger partial charge in [-0.2, -0.15) is 13.2 Å². The highest BCUT2D eigenvalue weighted by Crippen LogP contribution is 2.41. The van der Waals surface area contributed by atoms with Crippen LogP contribution in [-0.2, 0) is 15.8 Å². The lowest BCUT2D eigenvalue weighted by Crippen LogP contribution is -2.38. The van der Waals surface area contributed by atoms with Crippen LogP contribution < -0.4 is 5.32 Å². The summed E-state index contributed by atoms with van der Waals surface area (Å²) in [5, 5.41) is 11.6. The molecule has 0 spiro atoms. The molecular formula is C15H10F3N3O3. The van der Waals surface area contributed by atoms with E-state index < -0.39 is 29.5 Å². The number of carboxylic acids is 1. The molecule has 3 rings (SSSR count). The number of nitrogens with zero attached hydrogens (tertiary/aromatic N) is 2. The van der Waals surface area contributed by atoms with Crippen LogP contribution in [0.15, 0.2) is 41.7 Å². The number of aldehydes is 1. The van der Waals surface area contributed by atoms with Crippen LogP contribution in [-0.4, -0.2) is 33.7 Å². The maximum absolute atomic E-state index is 13.4. The fourth-order valence-corrected chi connectivity index (χ4v) is 2.44. The van der Waals surface area contributed by atoms with E-state index in [1.807, 2.05) is 0 Å². The van der Waals surface area contributed by atoms with Crippen molar-refractivity contribution < 1.29 is 27.9 Å². The first kappa shape index (κ1) is 15.8. The Morgan fingerprint density at radius 2 is 1.96 bits per heavy atom. The lowest BCUT2D eigenvalue weighted by atomic mass is 10.0. The van der Waals surface area contributed by atoms with E-state index in [4.69, 9.17) is 5.11 Å². The first-order valence-corrected chi connectivity index (χ1v) is 6.73. The molecule has 1 aromatic carbocycles. The van der Waals surface area contributed by atoms with Crippen LogP contribution in [0.2, 0.25) is 0 Å². The molecule has 124 valence electrons. The van der Waals surface area contributed by atoms with E-state index in [9.17, 15) is 22.8 Å². The number of aliphatic carboxylic acids is 1. The van der Waals surface area contributed by atoms with E-state index in [-0.39, 0.29) is 23.3 Å². The summed E-state index contributed by atoms with van der Waals surface area (Å²) in [4.78, 5) is 26.0. The molecular weight excluding hydrogens is 327 g/mol. The minimum Gasteiger partial charge on any atom is -0.477 e. The average molecular weight is 337 g/mol. The average Bonchev–Trinajstić information content (AvgIpc) is 3.05. The van der Waals surface area contributed by atoms with Crippen molar-refractivity contribution in [2.24, 2.45) is 4.99 Å². The fourth-order valence-electron chi connectivity index (χ4n) is 2.44. The topological polar surface area (TPSA) is 83.7 Å². The van der Waals surface area contributed by atoms with Crippen LogP contribution >= 0.6 is 0 Å². The minimum absolute atomic E-state index is 0.0159. The van der Waals surface area contributed by atoms with Crippen LogP contribution in [0, 0.1) is 0 Å². The zero-order valence-electron chi connectivity index (χ0n) is 11.9. The molecule has 2 N–H and O–H groups in total. The van der Waals surface area contributed by atoms with Gasteiger partial charge in [-0.15, -0.1) is 0 Å². The van der Waals surface area contributed by atoms with Crippen molar-refractivity contribution in [1.82, 2.24) is 4.57 Å². The van der Waals surface area contributed by atoms with Gasteiger partial charge in [0.05, 0.1) is 22.6 Å². The maximum Gasteiger partial charge on any atom is 0.418 e. The molecule has 1 unspecified atom stereocenters. The van der Waals surface area contributed by atoms with Crippen LogP contribution in [0.25, 0.3) is 5.69 Å². The molecule has 0 aliphatic carbocycles. The summed E-state index contributed by atoms with van der Waals surface area (Å²) in [5.41, 5.74) is -1.63. The summed E-state index contributed by atoms with van der Waals surface area (Å²) in [6.45, 7) is 0. The van der Waals surface area contributed by atoms with Crippen molar-refractivity contribution in [3.05, 3.63) is 42.2 Å². The predicted molar refractivity (Wildman–Crippen MR) is 79.0 cm³/mol. The first-order chi connectivity index (χ1) is 11.3. The third kappa shape index (κ3) is 2.64. The van der Waals surface area contributed by atoms with Gasteiger partial charge >= 0.3 is 12.1 Å². The predicted octanol–water partition coefficient (Wildman–Crippen LogP) is 2.65. The van der Waals surface area contributed by atoms with Crippen LogP contribution in [0.1, 0.15) is 5.56 Å². The number of carboxylic acid groups (broad SMARTS) is 1. The molecule has 0 saturated heterocycles. The molecule has 0 fully saturated rings. The van der Waals surface area contributed by atoms with Gasteiger partial charge in [-0.25, -0.2) is 9.79 Å². The quantitative estimate of drug-likeness (QED) is 0.844. The van der Waals surface area contributed by atoms with Gasteiger partial charge in [0, 0.05) is 12.4 Å². The number of alkyl halides is 3. The molecule has 1 aliphatic heterocycles. The highest BCUT2D eigenvalue weighted by Gasteiger charge is 2.36. The van der Waals surface area contributed by atoms with Crippen molar-refractivity contribution in [2.45, 2.75) is 12.2 Å². The van der Waals surface area contributed by atoms with Gasteiger partial charge in [0.1, 0.15) is 12.3 Å². The molecule has 24 heavy (non-hydrogen) atoms. The lowest BCUT2D eigenvalue weighted by Gasteiger charge is -2.24. The number of hydrogen-bond donors (Lipinski definition) is 2. The highest BCUT2D eigenvalue weighted by molar-refractivity contribution is 6.42. The van der Waals surface area contributed by atoms with Crippen LogP contribution in [0.4, 0.5) is 24.5 Å². The zero-order chi connectivity index (χ0) is 17.5. The number of carbonyl (C=O) groups excluding carboxylic acids is 1. The molecule has 0 saturated carbocycles. The summed E-state index contributed by atoms with van der Waals surface area (Å²) in [6.07, 6.45) is -1.49. The number of rotatable bonds is 3. The maximum atomic E-state index is 13.4. The van der Waals surface area contributed by atoms with Crippen LogP contribution in [0.3, 0.4) is 0 Å². The number of nitrogens with one attached hydrogen (secondary N) is 1. The van der Waals surface area contributed by atoms with Gasteiger partial charge < -0.3 is 19.8 Å². The van der Waals surface area contributed by atoms with E-state index >= 15 is 0 Å². The summed E-state index contributed by atoms with van der Waals surface area (Å²) in [7, 11) is 0. The fraction of sp³-hybridized carbons (Fsp3) is 0.133. The third-order valence-electron chi connectivity index (χ3n) is 3.50. The van der Waals surface area contributed by atoms with Gasteiger partial charge in [-0.3, -0.25) is 0 Å². The summed E-state index contributed by atoms with van der Waals surface area (Å²) in [5.74, 6) is -1.42. The summed E-state index contributed by atoms with van der Waals surface area (Å²) in [6, 6.07) is 3.77. The molecule has 1 aliphatic rings. The third-order valence-corrected chi connectivity index (χ3v) is 3.50. The Hall–Kier alpha value is -3.10. The van der Waals surface area contributed by atoms with E-state index in [0.29, 0.717) is 0 Å². The van der Waals surface area contributed by atoms with Crippen molar-refractivity contribution in [1.29, 1.82) is 0 Å². The second kappa shape index (κ2) is 5.52. The monoisotopic (exact) mass is 337 g/mol. The van der Waals surface area contributed by atoms with Crippen molar-refractivity contribution >= 4 is 29.3 Å². The Morgan fingerprint density at radius 3 is 2.50 bits per heavy atom. The molecule has 0 radical (unpaired) electrons. The van der Waals surface area contributed by atoms with E-state index in [1.165, 1.54) is 17.0 Å². The Kier molecular flexibility index (Phi) is 3.63. The SMILES string of the molecule is O=CC1Nc2cc(C(F)(F)F)c(-n3cccc3)cc2N=C1C(=O)O. The first-order valence-electron chi connectivity index (χ1n) is 6.73. The summed E-state index contributed by atoms with van der Waals surface area (Å²) < 4.78 is 41.3. The molecule has 1 atom stereocenters. The molecule has 6 nitrogen and oxygen atoms in total. The highest BCUT2D eigenvalue weighted by atomic mass is 19.4. The Labute approximate surface area is 133 Å². The molecule has 9 heteroatoms. The zero-order valence-corrected chi connectivity index (χ0v) is 11.9. The summed E-state index contributed by atoms with van der Waals surface area (Å²) >= 11 is 0. The number of halogens is 3. The number of fused-ring (bicyclic) bond motifs is 1. The van der Waals surface area contributed by atoms with E-state index in [0.717, 1.165) is 12.1 Å². The number of carbonyl (C=O) groups is 2. The minimum atomic E-state index is -4.64. The van der Waals surface area contributed by atoms with Gasteiger partial charge in [0.2, 0.25) is 0 Å². The Balaban J connectivity index is 2.24. The van der Waals surface area contributed by atoms with Gasteiger partial charge in [0.25, 0.3) is 0 Å². The van der Waals surface area contributed by atoms with Crippen LogP contribution in [0.5, 0.6) is 0 Å². The van der Waals surface area contributed by atoms with E-state index in [1.54, 1.807) is 12.1 Å². The Morgan fingerprint density at radius 1 is 1.29 bits per heavy atom. The lowest BCUT2D eigenvalue weighted by molar-refractivity contribution is -0.137. The molecule has 1 aromatic heterocycles. The number of hydrogen-bond acceptors (Lipinski definition) is 4. The van der Waals surface area contributed by atoms with Gasteiger partial charge in [-0.1, -0.05) is 0 Å². The van der Waals surface area contributed by atoms with Gasteiger partial charge in [-0.05, 0) is 24.3 Å². The molecule has 2 aromatic rings. The van der Waals surface area contributed by atoms with Crippen molar-refractivity contribution in [3.63, 3.8) is 0 Å². The van der Waals surface area contributed by atoms with E-state index in [2.05, 4.69) is 10.3 Å². The number of benzene rings is 1. The van der Waals surface area contributed by atoms with Gasteiger partial charge in [0.15, 0.2) is 5.71 Å². The number of aliphatic imine (C=N–C) groups is 1. The second-order valence-corrected chi connectivity index (χ2v) is 5.03. The van der Waals surface area contributed by atoms with Crippen molar-refractivity contribution in [3.8, 4) is 5.69 Å². The molecule has 0 amide bonds. The van der Waals surface area contributed by atoms with Crippen molar-refractivity contribution in [2.75, 3.05) is 5.32 Å². The number of aromatic nitrogens is 1. The smallest absolute Gasteiger partial charge is 0.418 e. The standard InChI is InChI=1S/C15H10F3N3O3/c16-15(17,18)8-5-9-10(6-12(8)21-3-1-2-4-21)20-13(14(23)24)11(7-22)19-9/h1-7,11,19H,(H,23,24). The number of anilines is 1. The normalized spacial score (nSPS) is 16.8.